The van der Waals surface area contributed by atoms with Crippen molar-refractivity contribution in [2.24, 2.45) is 0 Å². The number of methoxy groups -OCH3 is 1. The van der Waals surface area contributed by atoms with Crippen molar-refractivity contribution in [1.82, 2.24) is 0 Å². The molecule has 0 aliphatic carbocycles. The van der Waals surface area contributed by atoms with Crippen molar-refractivity contribution >= 4 is 43.5 Å². The minimum absolute atomic E-state index is 0.246. The van der Waals surface area contributed by atoms with Gasteiger partial charge in [0.05, 0.1) is 12.5 Å². The van der Waals surface area contributed by atoms with Crippen LogP contribution in [0.1, 0.15) is 22.1 Å². The van der Waals surface area contributed by atoms with Crippen LogP contribution in [0.5, 0.6) is 5.75 Å². The van der Waals surface area contributed by atoms with Crippen LogP contribution in [0.4, 0.5) is 0 Å². The Morgan fingerprint density at radius 2 is 1.89 bits per heavy atom. The quantitative estimate of drug-likeness (QED) is 0.583. The zero-order chi connectivity index (χ0) is 14.0. The van der Waals surface area contributed by atoms with Gasteiger partial charge < -0.3 is 4.74 Å². The summed E-state index contributed by atoms with van der Waals surface area (Å²) in [7, 11) is 1.66. The summed E-state index contributed by atoms with van der Waals surface area (Å²) < 4.78 is 7.48. The van der Waals surface area contributed by atoms with Gasteiger partial charge in [0.2, 0.25) is 0 Å². The molecular formula is C15H13Br2ClO. The Morgan fingerprint density at radius 3 is 2.53 bits per heavy atom. The van der Waals surface area contributed by atoms with E-state index in [0.717, 1.165) is 31.4 Å². The molecule has 0 amide bonds. The highest BCUT2D eigenvalue weighted by Crippen LogP contribution is 2.38. The molecule has 0 fully saturated rings. The second kappa shape index (κ2) is 6.29. The molecule has 0 saturated heterocycles. The van der Waals surface area contributed by atoms with E-state index in [4.69, 9.17) is 16.3 Å². The van der Waals surface area contributed by atoms with Crippen LogP contribution in [-0.2, 0) is 0 Å². The smallest absolute Gasteiger partial charge is 0.124 e. The van der Waals surface area contributed by atoms with Crippen LogP contribution in [0.25, 0.3) is 0 Å². The lowest BCUT2D eigenvalue weighted by molar-refractivity contribution is 0.409. The van der Waals surface area contributed by atoms with Crippen LogP contribution in [0.2, 0.25) is 0 Å². The molecule has 0 N–H and O–H groups in total. The molecule has 100 valence electrons. The largest absolute Gasteiger partial charge is 0.496 e. The molecule has 0 aliphatic heterocycles. The Hall–Kier alpha value is -0.510. The van der Waals surface area contributed by atoms with E-state index in [1.165, 1.54) is 0 Å². The number of aryl methyl sites for hydroxylation is 1. The number of alkyl halides is 1. The van der Waals surface area contributed by atoms with E-state index < -0.39 is 0 Å². The summed E-state index contributed by atoms with van der Waals surface area (Å²) in [6, 6.07) is 12.0. The maximum absolute atomic E-state index is 6.59. The molecule has 0 radical (unpaired) electrons. The van der Waals surface area contributed by atoms with E-state index >= 15 is 0 Å². The molecule has 4 heteroatoms. The predicted octanol–water partition coefficient (Wildman–Crippen LogP) is 5.86. The molecule has 19 heavy (non-hydrogen) atoms. The minimum atomic E-state index is -0.246. The number of rotatable bonds is 3. The summed E-state index contributed by atoms with van der Waals surface area (Å²) >= 11 is 13.6. The summed E-state index contributed by atoms with van der Waals surface area (Å²) in [4.78, 5) is 0. The van der Waals surface area contributed by atoms with Crippen LogP contribution in [0, 0.1) is 6.92 Å². The van der Waals surface area contributed by atoms with E-state index in [9.17, 15) is 0 Å². The highest BCUT2D eigenvalue weighted by molar-refractivity contribution is 9.10. The zero-order valence-electron chi connectivity index (χ0n) is 10.6. The lowest BCUT2D eigenvalue weighted by atomic mass is 10.0. The van der Waals surface area contributed by atoms with Crippen molar-refractivity contribution in [3.63, 3.8) is 0 Å². The average Bonchev–Trinajstić information content (AvgIpc) is 2.40. The first-order valence-corrected chi connectivity index (χ1v) is 7.78. The molecule has 2 rings (SSSR count). The van der Waals surface area contributed by atoms with Crippen molar-refractivity contribution < 1.29 is 4.74 Å². The number of hydrogen-bond donors (Lipinski definition) is 0. The number of halogens is 3. The number of ether oxygens (including phenoxy) is 1. The standard InChI is InChI=1S/C15H13Br2ClO/c1-9-6-14(19-2)12(8-13(9)17)15(18)10-4-3-5-11(16)7-10/h3-8,15H,1-2H3. The van der Waals surface area contributed by atoms with Crippen LogP contribution >= 0.6 is 43.5 Å². The van der Waals surface area contributed by atoms with Crippen molar-refractivity contribution in [3.8, 4) is 5.75 Å². The van der Waals surface area contributed by atoms with Crippen LogP contribution in [0.15, 0.2) is 45.3 Å². The first kappa shape index (κ1) is 14.9. The fourth-order valence-electron chi connectivity index (χ4n) is 1.89. The number of hydrogen-bond acceptors (Lipinski definition) is 1. The summed E-state index contributed by atoms with van der Waals surface area (Å²) in [6.07, 6.45) is 0. The van der Waals surface area contributed by atoms with Gasteiger partial charge in [0.1, 0.15) is 5.75 Å². The van der Waals surface area contributed by atoms with Gasteiger partial charge >= 0.3 is 0 Å². The molecule has 0 bridgehead atoms. The summed E-state index contributed by atoms with van der Waals surface area (Å²) in [5.74, 6) is 0.806. The predicted molar refractivity (Wildman–Crippen MR) is 87.3 cm³/mol. The van der Waals surface area contributed by atoms with Gasteiger partial charge in [-0.15, -0.1) is 11.6 Å². The maximum atomic E-state index is 6.59. The fourth-order valence-corrected chi connectivity index (χ4v) is 2.97. The average molecular weight is 405 g/mol. The molecule has 0 heterocycles. The van der Waals surface area contributed by atoms with Crippen molar-refractivity contribution in [3.05, 3.63) is 62.0 Å². The molecule has 0 aromatic heterocycles. The topological polar surface area (TPSA) is 9.23 Å². The Kier molecular flexibility index (Phi) is 4.93. The lowest BCUT2D eigenvalue weighted by Crippen LogP contribution is -1.98. The Bertz CT molecular complexity index is 599. The van der Waals surface area contributed by atoms with Crippen LogP contribution in [0.3, 0.4) is 0 Å². The van der Waals surface area contributed by atoms with Crippen LogP contribution < -0.4 is 4.74 Å². The molecular weight excluding hydrogens is 391 g/mol. The van der Waals surface area contributed by atoms with Gasteiger partial charge in [-0.2, -0.15) is 0 Å². The fraction of sp³-hybridized carbons (Fsp3) is 0.200. The zero-order valence-corrected chi connectivity index (χ0v) is 14.5. The minimum Gasteiger partial charge on any atom is -0.496 e. The number of benzene rings is 2. The van der Waals surface area contributed by atoms with E-state index in [-0.39, 0.29) is 5.38 Å². The lowest BCUT2D eigenvalue weighted by Gasteiger charge is -2.16. The van der Waals surface area contributed by atoms with Crippen molar-refractivity contribution in [2.75, 3.05) is 7.11 Å². The molecule has 2 aromatic rings. The van der Waals surface area contributed by atoms with Crippen molar-refractivity contribution in [2.45, 2.75) is 12.3 Å². The van der Waals surface area contributed by atoms with Gasteiger partial charge in [0.25, 0.3) is 0 Å². The third kappa shape index (κ3) is 3.33. The Balaban J connectivity index is 2.49. The van der Waals surface area contributed by atoms with Gasteiger partial charge in [-0.1, -0.05) is 44.0 Å². The van der Waals surface area contributed by atoms with E-state index in [0.29, 0.717) is 0 Å². The van der Waals surface area contributed by atoms with Crippen LogP contribution in [-0.4, -0.2) is 7.11 Å². The molecule has 0 aliphatic rings. The summed E-state index contributed by atoms with van der Waals surface area (Å²) in [5.41, 5.74) is 3.11. The highest BCUT2D eigenvalue weighted by Gasteiger charge is 2.17. The second-order valence-electron chi connectivity index (χ2n) is 4.26. The summed E-state index contributed by atoms with van der Waals surface area (Å²) in [5, 5.41) is -0.246. The van der Waals surface area contributed by atoms with Crippen molar-refractivity contribution in [1.29, 1.82) is 0 Å². The monoisotopic (exact) mass is 402 g/mol. The Labute approximate surface area is 135 Å². The molecule has 1 unspecified atom stereocenters. The van der Waals surface area contributed by atoms with Gasteiger partial charge in [-0.3, -0.25) is 0 Å². The van der Waals surface area contributed by atoms with Gasteiger partial charge in [0.15, 0.2) is 0 Å². The SMILES string of the molecule is COc1cc(C)c(Br)cc1C(Cl)c1cccc(Br)c1. The second-order valence-corrected chi connectivity index (χ2v) is 6.47. The third-order valence-electron chi connectivity index (χ3n) is 2.93. The first-order chi connectivity index (χ1) is 9.02. The Morgan fingerprint density at radius 1 is 1.16 bits per heavy atom. The van der Waals surface area contributed by atoms with Gasteiger partial charge in [-0.05, 0) is 42.3 Å². The molecule has 1 nitrogen and oxygen atoms in total. The van der Waals surface area contributed by atoms with Gasteiger partial charge in [-0.25, -0.2) is 0 Å². The molecule has 0 saturated carbocycles. The van der Waals surface area contributed by atoms with E-state index in [1.807, 2.05) is 43.3 Å². The molecule has 2 aromatic carbocycles. The van der Waals surface area contributed by atoms with E-state index in [2.05, 4.69) is 31.9 Å². The van der Waals surface area contributed by atoms with E-state index in [1.54, 1.807) is 7.11 Å². The molecule has 1 atom stereocenters. The maximum Gasteiger partial charge on any atom is 0.124 e. The highest BCUT2D eigenvalue weighted by atomic mass is 79.9. The normalized spacial score (nSPS) is 12.3. The molecule has 0 spiro atoms. The summed E-state index contributed by atoms with van der Waals surface area (Å²) in [6.45, 7) is 2.03. The van der Waals surface area contributed by atoms with Gasteiger partial charge in [0, 0.05) is 14.5 Å². The third-order valence-corrected chi connectivity index (χ3v) is 4.76. The first-order valence-electron chi connectivity index (χ1n) is 5.76.